The molecule has 1 aromatic carbocycles. The summed E-state index contributed by atoms with van der Waals surface area (Å²) < 4.78 is 24.2. The number of hydrogen-bond donors (Lipinski definition) is 2. The van der Waals surface area contributed by atoms with Crippen LogP contribution in [-0.2, 0) is 14.6 Å². The van der Waals surface area contributed by atoms with Gasteiger partial charge >= 0.3 is 12.0 Å². The molecule has 0 saturated carbocycles. The summed E-state index contributed by atoms with van der Waals surface area (Å²) in [6.07, 6.45) is 0.409. The normalized spacial score (nSPS) is 18.0. The van der Waals surface area contributed by atoms with Crippen molar-refractivity contribution >= 4 is 33.4 Å². The summed E-state index contributed by atoms with van der Waals surface area (Å²) in [6.45, 7) is 0.454. The number of hydrogen-bond acceptors (Lipinski definition) is 4. The molecule has 1 heterocycles. The molecule has 2 N–H and O–H groups in total. The van der Waals surface area contributed by atoms with E-state index < -0.39 is 27.8 Å². The minimum atomic E-state index is -3.51. The molecule has 1 aliphatic rings. The molecule has 0 aliphatic carbocycles. The Bertz CT molecular complexity index is 690. The number of carboxylic acid groups (broad SMARTS) is 1. The molecule has 2 amide bonds. The highest BCUT2D eigenvalue weighted by Crippen LogP contribution is 2.17. The van der Waals surface area contributed by atoms with Crippen LogP contribution >= 0.6 is 11.6 Å². The van der Waals surface area contributed by atoms with Crippen molar-refractivity contribution in [3.8, 4) is 0 Å². The van der Waals surface area contributed by atoms with E-state index in [0.717, 1.165) is 0 Å². The van der Waals surface area contributed by atoms with Crippen LogP contribution in [0.5, 0.6) is 0 Å². The smallest absolute Gasteiger partial charge is 0.317 e. The second-order valence-corrected chi connectivity index (χ2v) is 7.82. The molecule has 1 saturated heterocycles. The quantitative estimate of drug-likeness (QED) is 0.821. The van der Waals surface area contributed by atoms with E-state index in [4.69, 9.17) is 16.7 Å². The molecule has 1 aliphatic heterocycles. The SMILES string of the molecule is O=C(O)C1CCN(C(=O)NCCS(=O)(=O)c2ccc(Cl)cc2)C1. The van der Waals surface area contributed by atoms with Crippen molar-refractivity contribution in [2.24, 2.45) is 5.92 Å². The van der Waals surface area contributed by atoms with Crippen LogP contribution in [0.2, 0.25) is 5.02 Å². The molecular weight excluding hydrogens is 344 g/mol. The minimum Gasteiger partial charge on any atom is -0.481 e. The summed E-state index contributed by atoms with van der Waals surface area (Å²) in [5.74, 6) is -1.72. The number of aliphatic carboxylic acids is 1. The molecule has 126 valence electrons. The van der Waals surface area contributed by atoms with Crippen molar-refractivity contribution in [1.29, 1.82) is 0 Å². The molecule has 0 radical (unpaired) electrons. The van der Waals surface area contributed by atoms with Crippen LogP contribution in [0.3, 0.4) is 0 Å². The number of amides is 2. The largest absolute Gasteiger partial charge is 0.481 e. The number of nitrogens with one attached hydrogen (secondary N) is 1. The van der Waals surface area contributed by atoms with Crippen molar-refractivity contribution < 1.29 is 23.1 Å². The summed E-state index contributed by atoms with van der Waals surface area (Å²) in [5, 5.41) is 11.8. The van der Waals surface area contributed by atoms with E-state index in [2.05, 4.69) is 5.32 Å². The lowest BCUT2D eigenvalue weighted by Crippen LogP contribution is -2.40. The zero-order valence-electron chi connectivity index (χ0n) is 12.2. The molecular formula is C14H17ClN2O5S. The highest BCUT2D eigenvalue weighted by Gasteiger charge is 2.30. The summed E-state index contributed by atoms with van der Waals surface area (Å²) >= 11 is 5.72. The van der Waals surface area contributed by atoms with Gasteiger partial charge in [0, 0.05) is 24.7 Å². The topological polar surface area (TPSA) is 104 Å². The first-order valence-corrected chi connectivity index (χ1v) is 9.06. The van der Waals surface area contributed by atoms with Crippen molar-refractivity contribution in [3.05, 3.63) is 29.3 Å². The number of carbonyl (C=O) groups excluding carboxylic acids is 1. The maximum Gasteiger partial charge on any atom is 0.317 e. The first kappa shape index (κ1) is 17.6. The van der Waals surface area contributed by atoms with Crippen LogP contribution in [0.4, 0.5) is 4.79 Å². The molecule has 1 aromatic rings. The molecule has 9 heteroatoms. The lowest BCUT2D eigenvalue weighted by atomic mass is 10.1. The Hall–Kier alpha value is -1.80. The third-order valence-electron chi connectivity index (χ3n) is 3.64. The Balaban J connectivity index is 1.83. The highest BCUT2D eigenvalue weighted by molar-refractivity contribution is 7.91. The van der Waals surface area contributed by atoms with Gasteiger partial charge in [0.15, 0.2) is 9.84 Å². The van der Waals surface area contributed by atoms with Crippen molar-refractivity contribution in [2.75, 3.05) is 25.4 Å². The number of carboxylic acids is 1. The number of likely N-dealkylation sites (tertiary alicyclic amines) is 1. The van der Waals surface area contributed by atoms with Gasteiger partial charge in [-0.3, -0.25) is 4.79 Å². The number of benzene rings is 1. The Morgan fingerprint density at radius 1 is 1.30 bits per heavy atom. The maximum atomic E-state index is 12.1. The van der Waals surface area contributed by atoms with Crippen LogP contribution in [0.25, 0.3) is 0 Å². The maximum absolute atomic E-state index is 12.1. The number of carbonyl (C=O) groups is 2. The van der Waals surface area contributed by atoms with Gasteiger partial charge in [-0.15, -0.1) is 0 Å². The molecule has 7 nitrogen and oxygen atoms in total. The molecule has 1 unspecified atom stereocenters. The Morgan fingerprint density at radius 3 is 2.52 bits per heavy atom. The number of urea groups is 1. The summed E-state index contributed by atoms with van der Waals surface area (Å²) in [4.78, 5) is 24.3. The fourth-order valence-electron chi connectivity index (χ4n) is 2.31. The predicted octanol–water partition coefficient (Wildman–Crippen LogP) is 1.23. The number of rotatable bonds is 5. The van der Waals surface area contributed by atoms with Crippen molar-refractivity contribution in [2.45, 2.75) is 11.3 Å². The summed E-state index contributed by atoms with van der Waals surface area (Å²) in [6, 6.07) is 5.36. The Kier molecular flexibility index (Phi) is 5.48. The lowest BCUT2D eigenvalue weighted by Gasteiger charge is -2.16. The molecule has 0 aromatic heterocycles. The van der Waals surface area contributed by atoms with Gasteiger partial charge < -0.3 is 15.3 Å². The number of nitrogens with zero attached hydrogens (tertiary/aromatic N) is 1. The highest BCUT2D eigenvalue weighted by atomic mass is 35.5. The average Bonchev–Trinajstić information content (AvgIpc) is 2.97. The van der Waals surface area contributed by atoms with E-state index in [9.17, 15) is 18.0 Å². The average molecular weight is 361 g/mol. The third-order valence-corrected chi connectivity index (χ3v) is 5.63. The number of sulfone groups is 1. The predicted molar refractivity (Wildman–Crippen MR) is 84.2 cm³/mol. The first-order valence-electron chi connectivity index (χ1n) is 7.03. The van der Waals surface area contributed by atoms with E-state index in [-0.39, 0.29) is 23.7 Å². The van der Waals surface area contributed by atoms with E-state index >= 15 is 0 Å². The molecule has 23 heavy (non-hydrogen) atoms. The second kappa shape index (κ2) is 7.18. The van der Waals surface area contributed by atoms with Gasteiger partial charge in [-0.2, -0.15) is 0 Å². The zero-order valence-corrected chi connectivity index (χ0v) is 13.8. The van der Waals surface area contributed by atoms with E-state index in [1.807, 2.05) is 0 Å². The van der Waals surface area contributed by atoms with Crippen LogP contribution < -0.4 is 5.32 Å². The van der Waals surface area contributed by atoms with Crippen molar-refractivity contribution in [1.82, 2.24) is 10.2 Å². The first-order chi connectivity index (χ1) is 10.8. The van der Waals surface area contributed by atoms with Crippen LogP contribution in [0.1, 0.15) is 6.42 Å². The van der Waals surface area contributed by atoms with Gasteiger partial charge in [-0.1, -0.05) is 11.6 Å². The van der Waals surface area contributed by atoms with Gasteiger partial charge in [-0.25, -0.2) is 13.2 Å². The van der Waals surface area contributed by atoms with E-state index in [1.165, 1.54) is 29.2 Å². The van der Waals surface area contributed by atoms with Gasteiger partial charge in [-0.05, 0) is 30.7 Å². The molecule has 0 spiro atoms. The molecule has 1 atom stereocenters. The molecule has 1 fully saturated rings. The fraction of sp³-hybridized carbons (Fsp3) is 0.429. The van der Waals surface area contributed by atoms with Gasteiger partial charge in [0.1, 0.15) is 0 Å². The Labute approximate surface area is 139 Å². The monoisotopic (exact) mass is 360 g/mol. The lowest BCUT2D eigenvalue weighted by molar-refractivity contribution is -0.141. The van der Waals surface area contributed by atoms with Crippen LogP contribution in [-0.4, -0.2) is 55.8 Å². The van der Waals surface area contributed by atoms with Crippen molar-refractivity contribution in [3.63, 3.8) is 0 Å². The summed E-state index contributed by atoms with van der Waals surface area (Å²) in [7, 11) is -3.51. The van der Waals surface area contributed by atoms with E-state index in [0.29, 0.717) is 18.0 Å². The molecule has 0 bridgehead atoms. The standard InChI is InChI=1S/C14H17ClN2O5S/c15-11-1-3-12(4-2-11)23(21,22)8-6-16-14(20)17-7-5-10(9-17)13(18)19/h1-4,10H,5-9H2,(H,16,20)(H,18,19). The third kappa shape index (κ3) is 4.59. The van der Waals surface area contributed by atoms with Gasteiger partial charge in [0.05, 0.1) is 16.6 Å². The van der Waals surface area contributed by atoms with Crippen LogP contribution in [0, 0.1) is 5.92 Å². The van der Waals surface area contributed by atoms with Crippen LogP contribution in [0.15, 0.2) is 29.2 Å². The summed E-state index contributed by atoms with van der Waals surface area (Å²) in [5.41, 5.74) is 0. The Morgan fingerprint density at radius 2 is 1.96 bits per heavy atom. The number of halogens is 1. The molecule has 2 rings (SSSR count). The zero-order chi connectivity index (χ0) is 17.0. The van der Waals surface area contributed by atoms with E-state index in [1.54, 1.807) is 0 Å². The second-order valence-electron chi connectivity index (χ2n) is 5.27. The minimum absolute atomic E-state index is 0.0436. The van der Waals surface area contributed by atoms with Gasteiger partial charge in [0.25, 0.3) is 0 Å². The van der Waals surface area contributed by atoms with Gasteiger partial charge in [0.2, 0.25) is 0 Å². The fourth-order valence-corrected chi connectivity index (χ4v) is 3.59.